The predicted octanol–water partition coefficient (Wildman–Crippen LogP) is 1.82. The van der Waals surface area contributed by atoms with E-state index in [4.69, 9.17) is 9.29 Å². The van der Waals surface area contributed by atoms with Crippen molar-refractivity contribution in [1.29, 1.82) is 0 Å². The minimum atomic E-state index is -1.79. The van der Waals surface area contributed by atoms with Crippen molar-refractivity contribution < 1.29 is 13.5 Å². The molecule has 0 radical (unpaired) electrons. The van der Waals surface area contributed by atoms with Gasteiger partial charge in [0.1, 0.15) is 6.17 Å². The van der Waals surface area contributed by atoms with Gasteiger partial charge in [0, 0.05) is 32.7 Å². The van der Waals surface area contributed by atoms with Crippen LogP contribution in [0.3, 0.4) is 0 Å². The van der Waals surface area contributed by atoms with E-state index < -0.39 is 11.1 Å². The molecule has 6 heteroatoms. The SMILES string of the molecule is COCCCN1C=CNC1c1ccc(CS(=O)O)cc1. The van der Waals surface area contributed by atoms with Crippen LogP contribution >= 0.6 is 0 Å². The second kappa shape index (κ2) is 7.42. The summed E-state index contributed by atoms with van der Waals surface area (Å²) in [5.41, 5.74) is 2.01. The normalized spacial score (nSPS) is 19.1. The molecule has 1 aliphatic heterocycles. The molecule has 0 fully saturated rings. The van der Waals surface area contributed by atoms with E-state index in [-0.39, 0.29) is 11.9 Å². The van der Waals surface area contributed by atoms with Gasteiger partial charge >= 0.3 is 0 Å². The minimum Gasteiger partial charge on any atom is -0.385 e. The Hall–Kier alpha value is -1.37. The van der Waals surface area contributed by atoms with Gasteiger partial charge in [-0.15, -0.1) is 0 Å². The zero-order chi connectivity index (χ0) is 14.4. The lowest BCUT2D eigenvalue weighted by molar-refractivity contribution is 0.174. The molecule has 0 bridgehead atoms. The number of hydrogen-bond donors (Lipinski definition) is 2. The molecule has 1 aliphatic rings. The second-order valence-corrected chi connectivity index (χ2v) is 5.61. The van der Waals surface area contributed by atoms with Gasteiger partial charge in [-0.1, -0.05) is 24.3 Å². The van der Waals surface area contributed by atoms with E-state index in [0.29, 0.717) is 0 Å². The molecule has 1 heterocycles. The van der Waals surface area contributed by atoms with Crippen LogP contribution in [0.2, 0.25) is 0 Å². The summed E-state index contributed by atoms with van der Waals surface area (Å²) < 4.78 is 24.7. The van der Waals surface area contributed by atoms with E-state index in [9.17, 15) is 4.21 Å². The molecule has 1 aromatic rings. The van der Waals surface area contributed by atoms with E-state index in [1.54, 1.807) is 7.11 Å². The molecule has 2 rings (SSSR count). The molecule has 1 aromatic carbocycles. The highest BCUT2D eigenvalue weighted by atomic mass is 32.2. The molecule has 2 atom stereocenters. The Morgan fingerprint density at radius 3 is 2.80 bits per heavy atom. The first kappa shape index (κ1) is 15.0. The standard InChI is InChI=1S/C14H20N2O3S/c1-19-10-2-8-16-9-7-15-14(16)13-5-3-12(4-6-13)11-20(17)18/h3-7,9,14-15H,2,8,10-11H2,1H3,(H,17,18). The van der Waals surface area contributed by atoms with Crippen LogP contribution in [0.15, 0.2) is 36.7 Å². The van der Waals surface area contributed by atoms with Crippen LogP contribution in [-0.4, -0.2) is 33.9 Å². The van der Waals surface area contributed by atoms with Crippen LogP contribution in [0.4, 0.5) is 0 Å². The van der Waals surface area contributed by atoms with Crippen LogP contribution < -0.4 is 5.32 Å². The Morgan fingerprint density at radius 1 is 1.40 bits per heavy atom. The van der Waals surface area contributed by atoms with Gasteiger partial charge in [-0.2, -0.15) is 0 Å². The third-order valence-electron chi connectivity index (χ3n) is 3.20. The van der Waals surface area contributed by atoms with Gasteiger partial charge in [-0.3, -0.25) is 0 Å². The number of nitrogens with one attached hydrogen (secondary N) is 1. The summed E-state index contributed by atoms with van der Waals surface area (Å²) in [6.07, 6.45) is 5.08. The topological polar surface area (TPSA) is 61.8 Å². The maximum absolute atomic E-state index is 10.8. The van der Waals surface area contributed by atoms with E-state index in [1.165, 1.54) is 0 Å². The molecular weight excluding hydrogens is 276 g/mol. The van der Waals surface area contributed by atoms with E-state index in [0.717, 1.165) is 30.7 Å². The Labute approximate surface area is 121 Å². The maximum Gasteiger partial charge on any atom is 0.157 e. The molecule has 0 saturated carbocycles. The van der Waals surface area contributed by atoms with Crippen molar-refractivity contribution in [2.45, 2.75) is 18.3 Å². The van der Waals surface area contributed by atoms with Crippen LogP contribution in [0.5, 0.6) is 0 Å². The summed E-state index contributed by atoms with van der Waals surface area (Å²) in [5, 5.41) is 3.31. The Kier molecular flexibility index (Phi) is 5.58. The molecule has 0 spiro atoms. The lowest BCUT2D eigenvalue weighted by Crippen LogP contribution is -2.28. The highest BCUT2D eigenvalue weighted by Gasteiger charge is 2.19. The smallest absolute Gasteiger partial charge is 0.157 e. The van der Waals surface area contributed by atoms with Gasteiger partial charge in [0.15, 0.2) is 11.1 Å². The van der Waals surface area contributed by atoms with Crippen molar-refractivity contribution in [3.63, 3.8) is 0 Å². The molecule has 0 amide bonds. The lowest BCUT2D eigenvalue weighted by Gasteiger charge is -2.26. The fourth-order valence-corrected chi connectivity index (χ4v) is 2.71. The number of rotatable bonds is 7. The molecule has 20 heavy (non-hydrogen) atoms. The molecular formula is C14H20N2O3S. The largest absolute Gasteiger partial charge is 0.385 e. The maximum atomic E-state index is 10.8. The van der Waals surface area contributed by atoms with Crippen LogP contribution in [0.25, 0.3) is 0 Å². The van der Waals surface area contributed by atoms with Gasteiger partial charge in [0.05, 0.1) is 5.75 Å². The summed E-state index contributed by atoms with van der Waals surface area (Å²) in [4.78, 5) is 2.22. The van der Waals surface area contributed by atoms with Crippen LogP contribution in [0, 0.1) is 0 Å². The first-order valence-electron chi connectivity index (χ1n) is 6.54. The van der Waals surface area contributed by atoms with Crippen molar-refractivity contribution in [3.05, 3.63) is 47.8 Å². The van der Waals surface area contributed by atoms with Gasteiger partial charge in [-0.05, 0) is 17.5 Å². The summed E-state index contributed by atoms with van der Waals surface area (Å²) in [6.45, 7) is 1.67. The van der Waals surface area contributed by atoms with E-state index in [1.807, 2.05) is 36.7 Å². The quantitative estimate of drug-likeness (QED) is 0.593. The molecule has 0 aromatic heterocycles. The molecule has 0 aliphatic carbocycles. The third-order valence-corrected chi connectivity index (χ3v) is 3.78. The fourth-order valence-electron chi connectivity index (χ4n) is 2.23. The molecule has 0 saturated heterocycles. The minimum absolute atomic E-state index is 0.125. The first-order chi connectivity index (χ1) is 9.70. The lowest BCUT2D eigenvalue weighted by atomic mass is 10.1. The van der Waals surface area contributed by atoms with Crippen molar-refractivity contribution in [2.75, 3.05) is 20.3 Å². The zero-order valence-electron chi connectivity index (χ0n) is 11.5. The highest BCUT2D eigenvalue weighted by molar-refractivity contribution is 7.78. The van der Waals surface area contributed by atoms with Crippen molar-refractivity contribution >= 4 is 11.1 Å². The Bertz CT molecular complexity index is 476. The van der Waals surface area contributed by atoms with Crippen molar-refractivity contribution in [3.8, 4) is 0 Å². The summed E-state index contributed by atoms with van der Waals surface area (Å²) in [7, 11) is 1.71. The summed E-state index contributed by atoms with van der Waals surface area (Å²) >= 11 is -1.79. The van der Waals surface area contributed by atoms with Crippen molar-refractivity contribution in [2.24, 2.45) is 0 Å². The van der Waals surface area contributed by atoms with E-state index >= 15 is 0 Å². The molecule has 2 unspecified atom stereocenters. The van der Waals surface area contributed by atoms with Gasteiger partial charge in [0.2, 0.25) is 0 Å². The average Bonchev–Trinajstić information content (AvgIpc) is 2.88. The number of nitrogens with zero attached hydrogens (tertiary/aromatic N) is 1. The van der Waals surface area contributed by atoms with Gasteiger partial charge in [0.25, 0.3) is 0 Å². The van der Waals surface area contributed by atoms with Crippen LogP contribution in [0.1, 0.15) is 23.7 Å². The van der Waals surface area contributed by atoms with Gasteiger partial charge < -0.3 is 19.5 Å². The second-order valence-electron chi connectivity index (χ2n) is 4.68. The molecule has 5 nitrogen and oxygen atoms in total. The van der Waals surface area contributed by atoms with E-state index in [2.05, 4.69) is 10.2 Å². The predicted molar refractivity (Wildman–Crippen MR) is 79.1 cm³/mol. The highest BCUT2D eigenvalue weighted by Crippen LogP contribution is 2.23. The average molecular weight is 296 g/mol. The van der Waals surface area contributed by atoms with Crippen molar-refractivity contribution in [1.82, 2.24) is 10.2 Å². The van der Waals surface area contributed by atoms with Crippen LogP contribution in [-0.2, 0) is 21.6 Å². The first-order valence-corrected chi connectivity index (χ1v) is 7.82. The molecule has 110 valence electrons. The number of ether oxygens (including phenoxy) is 1. The summed E-state index contributed by atoms with van der Waals surface area (Å²) in [5.74, 6) is 0.175. The third kappa shape index (κ3) is 4.06. The molecule has 2 N–H and O–H groups in total. The number of benzene rings is 1. The number of hydrogen-bond acceptors (Lipinski definition) is 4. The Balaban J connectivity index is 1.97. The van der Waals surface area contributed by atoms with Gasteiger partial charge in [-0.25, -0.2) is 4.21 Å². The zero-order valence-corrected chi connectivity index (χ0v) is 12.3. The number of methoxy groups -OCH3 is 1. The summed E-state index contributed by atoms with van der Waals surface area (Å²) in [6, 6.07) is 7.79. The Morgan fingerprint density at radius 2 is 2.15 bits per heavy atom. The fraction of sp³-hybridized carbons (Fsp3) is 0.429. The monoisotopic (exact) mass is 296 g/mol.